The third-order valence-corrected chi connectivity index (χ3v) is 5.45. The predicted octanol–water partition coefficient (Wildman–Crippen LogP) is 2.85. The molecule has 1 heterocycles. The number of ether oxygens (including phenoxy) is 1. The molecule has 0 radical (unpaired) electrons. The first-order valence-corrected chi connectivity index (χ1v) is 9.77. The summed E-state index contributed by atoms with van der Waals surface area (Å²) in [6.07, 6.45) is 0. The minimum absolute atomic E-state index is 0.0813. The van der Waals surface area contributed by atoms with Crippen LogP contribution in [0.3, 0.4) is 0 Å². The minimum Gasteiger partial charge on any atom is -0.497 e. The Kier molecular flexibility index (Phi) is 6.51. The molecule has 150 valence electrons. The zero-order valence-electron chi connectivity index (χ0n) is 15.5. The number of hydrogen-bond acceptors (Lipinski definition) is 3. The molecule has 1 aliphatic heterocycles. The van der Waals surface area contributed by atoms with Crippen LogP contribution >= 0.6 is 11.8 Å². The number of carbonyl (C=O) groups excluding carboxylic acids is 1. The molecule has 2 aromatic rings. The first kappa shape index (κ1) is 20.5. The first-order chi connectivity index (χ1) is 13.3. The van der Waals surface area contributed by atoms with Crippen molar-refractivity contribution in [2.24, 2.45) is 0 Å². The Bertz CT molecular complexity index is 787. The number of piperazine rings is 1. The van der Waals surface area contributed by atoms with E-state index in [1.807, 2.05) is 24.3 Å². The van der Waals surface area contributed by atoms with Crippen LogP contribution in [0.25, 0.3) is 0 Å². The molecule has 4 nitrogen and oxygen atoms in total. The third kappa shape index (κ3) is 5.65. The Balaban J connectivity index is 1.51. The van der Waals surface area contributed by atoms with E-state index in [4.69, 9.17) is 4.74 Å². The molecule has 1 aliphatic rings. The molecule has 1 amide bonds. The topological polar surface area (TPSA) is 34.0 Å². The molecule has 1 fully saturated rings. The molecule has 0 atom stereocenters. The number of amides is 1. The molecule has 0 aliphatic carbocycles. The highest BCUT2D eigenvalue weighted by Crippen LogP contribution is 2.36. The Morgan fingerprint density at radius 2 is 1.68 bits per heavy atom. The molecule has 0 aromatic heterocycles. The van der Waals surface area contributed by atoms with E-state index in [1.165, 1.54) is 34.7 Å². The molecule has 0 saturated carbocycles. The van der Waals surface area contributed by atoms with Gasteiger partial charge in [-0.15, -0.1) is 0 Å². The van der Waals surface area contributed by atoms with Gasteiger partial charge in [0.05, 0.1) is 33.3 Å². The molecule has 0 unspecified atom stereocenters. The Morgan fingerprint density at radius 1 is 1.07 bits per heavy atom. The van der Waals surface area contributed by atoms with Gasteiger partial charge >= 0.3 is 5.51 Å². The molecule has 1 N–H and O–H groups in total. The number of halogens is 3. The first-order valence-electron chi connectivity index (χ1n) is 8.95. The molecular formula is C20H22F3N2O2S+. The van der Waals surface area contributed by atoms with E-state index < -0.39 is 5.51 Å². The van der Waals surface area contributed by atoms with Crippen LogP contribution in [0.15, 0.2) is 53.4 Å². The number of nitrogens with zero attached hydrogens (tertiary/aromatic N) is 1. The van der Waals surface area contributed by atoms with Gasteiger partial charge in [0.2, 0.25) is 0 Å². The number of hydrogen-bond donors (Lipinski definition) is 1. The van der Waals surface area contributed by atoms with Gasteiger partial charge in [0.15, 0.2) is 0 Å². The lowest BCUT2D eigenvalue weighted by atomic mass is 10.1. The molecule has 8 heteroatoms. The summed E-state index contributed by atoms with van der Waals surface area (Å²) >= 11 is -0.176. The highest BCUT2D eigenvalue weighted by molar-refractivity contribution is 8.00. The molecule has 0 bridgehead atoms. The van der Waals surface area contributed by atoms with E-state index in [0.717, 1.165) is 25.4 Å². The number of quaternary nitrogens is 1. The number of rotatable bonds is 5. The quantitative estimate of drug-likeness (QED) is 0.769. The summed E-state index contributed by atoms with van der Waals surface area (Å²) in [4.78, 5) is 15.8. The van der Waals surface area contributed by atoms with E-state index >= 15 is 0 Å². The molecule has 3 rings (SSSR count). The lowest BCUT2D eigenvalue weighted by molar-refractivity contribution is -0.917. The van der Waals surface area contributed by atoms with E-state index in [9.17, 15) is 18.0 Å². The summed E-state index contributed by atoms with van der Waals surface area (Å²) in [6.45, 7) is 3.81. The smallest absolute Gasteiger partial charge is 0.446 e. The van der Waals surface area contributed by atoms with Crippen LogP contribution in [0.2, 0.25) is 0 Å². The number of thioether (sulfide) groups is 1. The Labute approximate surface area is 166 Å². The lowest BCUT2D eigenvalue weighted by Gasteiger charge is -2.32. The number of methoxy groups -OCH3 is 1. The van der Waals surface area contributed by atoms with Crippen molar-refractivity contribution in [2.75, 3.05) is 33.3 Å². The second-order valence-electron chi connectivity index (χ2n) is 6.64. The number of carbonyl (C=O) groups is 1. The molecule has 1 saturated heterocycles. The number of benzene rings is 2. The summed E-state index contributed by atoms with van der Waals surface area (Å²) in [5.41, 5.74) is -2.69. The largest absolute Gasteiger partial charge is 0.497 e. The molecule has 2 aromatic carbocycles. The fourth-order valence-electron chi connectivity index (χ4n) is 3.22. The second kappa shape index (κ2) is 8.87. The van der Waals surface area contributed by atoms with Crippen molar-refractivity contribution in [1.29, 1.82) is 0 Å². The van der Waals surface area contributed by atoms with Crippen molar-refractivity contribution in [2.45, 2.75) is 16.9 Å². The third-order valence-electron chi connectivity index (χ3n) is 4.71. The van der Waals surface area contributed by atoms with Gasteiger partial charge in [-0.05, 0) is 60.3 Å². The van der Waals surface area contributed by atoms with Crippen LogP contribution < -0.4 is 9.64 Å². The summed E-state index contributed by atoms with van der Waals surface area (Å²) in [6, 6.07) is 13.6. The summed E-state index contributed by atoms with van der Waals surface area (Å²) in [5.74, 6) is 0.695. The van der Waals surface area contributed by atoms with Crippen molar-refractivity contribution in [3.05, 3.63) is 59.7 Å². The zero-order chi connectivity index (χ0) is 20.1. The van der Waals surface area contributed by atoms with Crippen molar-refractivity contribution in [3.63, 3.8) is 0 Å². The fraction of sp³-hybridized carbons (Fsp3) is 0.350. The van der Waals surface area contributed by atoms with Crippen LogP contribution in [-0.4, -0.2) is 49.6 Å². The normalized spacial score (nSPS) is 15.5. The minimum atomic E-state index is -4.32. The molecule has 28 heavy (non-hydrogen) atoms. The maximum absolute atomic E-state index is 12.6. The average Bonchev–Trinajstić information content (AvgIpc) is 2.68. The maximum atomic E-state index is 12.6. The lowest BCUT2D eigenvalue weighted by Crippen LogP contribution is -3.13. The number of alkyl halides is 3. The number of nitrogens with one attached hydrogen (secondary N) is 1. The van der Waals surface area contributed by atoms with Crippen molar-refractivity contribution >= 4 is 17.7 Å². The fourth-order valence-corrected chi connectivity index (χ4v) is 3.76. The van der Waals surface area contributed by atoms with Gasteiger partial charge in [-0.3, -0.25) is 4.79 Å². The summed E-state index contributed by atoms with van der Waals surface area (Å²) in [7, 11) is 1.64. The van der Waals surface area contributed by atoms with Gasteiger partial charge in [-0.2, -0.15) is 13.2 Å². The summed E-state index contributed by atoms with van der Waals surface area (Å²) < 4.78 is 42.4. The van der Waals surface area contributed by atoms with Crippen LogP contribution in [0.4, 0.5) is 13.2 Å². The highest BCUT2D eigenvalue weighted by atomic mass is 32.2. The van der Waals surface area contributed by atoms with Crippen LogP contribution in [-0.2, 0) is 6.54 Å². The molecular weight excluding hydrogens is 389 g/mol. The monoisotopic (exact) mass is 411 g/mol. The second-order valence-corrected chi connectivity index (χ2v) is 7.78. The molecule has 0 spiro atoms. The zero-order valence-corrected chi connectivity index (χ0v) is 16.3. The predicted molar refractivity (Wildman–Crippen MR) is 102 cm³/mol. The van der Waals surface area contributed by atoms with E-state index in [1.54, 1.807) is 12.0 Å². The highest BCUT2D eigenvalue weighted by Gasteiger charge is 2.29. The van der Waals surface area contributed by atoms with Gasteiger partial charge in [0, 0.05) is 16.0 Å². The van der Waals surface area contributed by atoms with Crippen LogP contribution in [0, 0.1) is 0 Å². The van der Waals surface area contributed by atoms with Gasteiger partial charge in [-0.1, -0.05) is 0 Å². The van der Waals surface area contributed by atoms with E-state index in [-0.39, 0.29) is 22.6 Å². The van der Waals surface area contributed by atoms with Gasteiger partial charge in [0.1, 0.15) is 12.3 Å². The van der Waals surface area contributed by atoms with E-state index in [2.05, 4.69) is 0 Å². The van der Waals surface area contributed by atoms with Crippen molar-refractivity contribution < 1.29 is 27.6 Å². The van der Waals surface area contributed by atoms with Crippen molar-refractivity contribution in [3.8, 4) is 5.75 Å². The maximum Gasteiger partial charge on any atom is 0.446 e. The SMILES string of the molecule is COc1ccc(C[NH+]2CCN(C(=O)c3ccc(SC(F)(F)F)cc3)CC2)cc1. The average molecular weight is 411 g/mol. The van der Waals surface area contributed by atoms with E-state index in [0.29, 0.717) is 18.7 Å². The van der Waals surface area contributed by atoms with Gasteiger partial charge in [0.25, 0.3) is 5.91 Å². The Morgan fingerprint density at radius 3 is 2.21 bits per heavy atom. The summed E-state index contributed by atoms with van der Waals surface area (Å²) in [5, 5.41) is 0. The van der Waals surface area contributed by atoms with Gasteiger partial charge < -0.3 is 14.5 Å². The standard InChI is InChI=1S/C20H21F3N2O2S/c1-27-17-6-2-15(3-7-17)14-24-10-12-25(13-11-24)19(26)16-4-8-18(9-5-16)28-20(21,22)23/h2-9H,10-14H2,1H3/p+1. The Hall–Kier alpha value is -2.19. The van der Waals surface area contributed by atoms with Gasteiger partial charge in [-0.25, -0.2) is 0 Å². The van der Waals surface area contributed by atoms with Crippen molar-refractivity contribution in [1.82, 2.24) is 4.90 Å². The van der Waals surface area contributed by atoms with Crippen LogP contribution in [0.5, 0.6) is 5.75 Å². The van der Waals surface area contributed by atoms with Crippen LogP contribution in [0.1, 0.15) is 15.9 Å².